The summed E-state index contributed by atoms with van der Waals surface area (Å²) in [4.78, 5) is 18.7. The van der Waals surface area contributed by atoms with Crippen LogP contribution in [0.3, 0.4) is 0 Å². The van der Waals surface area contributed by atoms with E-state index in [0.717, 1.165) is 66.8 Å². The highest BCUT2D eigenvalue weighted by Gasteiger charge is 2.07. The van der Waals surface area contributed by atoms with Gasteiger partial charge in [-0.25, -0.2) is 19.9 Å². The first-order chi connectivity index (χ1) is 41.4. The van der Waals surface area contributed by atoms with Crippen LogP contribution < -0.4 is 0 Å². The number of hydrogen-bond acceptors (Lipinski definition) is 6. The minimum Gasteiger partial charge on any atom is -0.461 e. The van der Waals surface area contributed by atoms with Gasteiger partial charge in [-0.1, -0.05) is 125 Å². The molecule has 16 aromatic rings. The SMILES string of the molecule is Cc1ccc2c(C)c3ccccc3nc2c1.Cc1ccc2cc(C)oc2c1.Cc1ccc2cc3ccc(C)cc3nc2c1.Cc1ccc2nc3cc(C)ccc3cc2c1.Cc1ccc2nc3ccc(C)cc3cc2c1.Cc1ccc2oc(C)cc2c1. The molecule has 0 unspecified atom stereocenters. The second kappa shape index (κ2) is 25.0. The summed E-state index contributed by atoms with van der Waals surface area (Å²) in [5, 5.41) is 12.2. The summed E-state index contributed by atoms with van der Waals surface area (Å²) in [5.41, 5.74) is 23.3. The van der Waals surface area contributed by atoms with Crippen molar-refractivity contribution in [3.05, 3.63) is 286 Å². The van der Waals surface area contributed by atoms with Gasteiger partial charge in [-0.2, -0.15) is 0 Å². The lowest BCUT2D eigenvalue weighted by molar-refractivity contribution is 0.578. The lowest BCUT2D eigenvalue weighted by atomic mass is 10.0. The van der Waals surface area contributed by atoms with Gasteiger partial charge in [0.15, 0.2) is 0 Å². The third-order valence-corrected chi connectivity index (χ3v) is 15.5. The zero-order valence-corrected chi connectivity index (χ0v) is 51.4. The Hall–Kier alpha value is -10.0. The van der Waals surface area contributed by atoms with Crippen molar-refractivity contribution < 1.29 is 8.83 Å². The molecule has 424 valence electrons. The van der Waals surface area contributed by atoms with Crippen molar-refractivity contribution in [1.29, 1.82) is 0 Å². The predicted molar refractivity (Wildman–Crippen MR) is 366 cm³/mol. The molecule has 0 amide bonds. The van der Waals surface area contributed by atoms with E-state index in [4.69, 9.17) is 18.8 Å². The maximum atomic E-state index is 5.45. The average molecular weight is 1120 g/mol. The van der Waals surface area contributed by atoms with Crippen LogP contribution in [0.5, 0.6) is 0 Å². The minimum atomic E-state index is 0.977. The summed E-state index contributed by atoms with van der Waals surface area (Å²) in [6.07, 6.45) is 0. The number of aryl methyl sites for hydroxylation is 12. The van der Waals surface area contributed by atoms with Crippen molar-refractivity contribution in [2.75, 3.05) is 0 Å². The van der Waals surface area contributed by atoms with Crippen molar-refractivity contribution in [3.63, 3.8) is 0 Å². The number of aromatic nitrogens is 4. The first kappa shape index (κ1) is 57.8. The highest BCUT2D eigenvalue weighted by atomic mass is 16.3. The van der Waals surface area contributed by atoms with Crippen molar-refractivity contribution >= 4 is 109 Å². The molecule has 16 rings (SSSR count). The number of pyridine rings is 4. The molecule has 0 spiro atoms. The Morgan fingerprint density at radius 3 is 1.08 bits per heavy atom. The van der Waals surface area contributed by atoms with Gasteiger partial charge in [-0.05, 0) is 232 Å². The Morgan fingerprint density at radius 1 is 0.209 bits per heavy atom. The second-order valence-electron chi connectivity index (χ2n) is 23.2. The summed E-state index contributed by atoms with van der Waals surface area (Å²) in [7, 11) is 0. The van der Waals surface area contributed by atoms with Gasteiger partial charge in [0.2, 0.25) is 0 Å². The summed E-state index contributed by atoms with van der Waals surface area (Å²) < 4.78 is 10.9. The summed E-state index contributed by atoms with van der Waals surface area (Å²) in [6, 6.07) is 76.3. The molecule has 0 aliphatic heterocycles. The van der Waals surface area contributed by atoms with E-state index in [2.05, 4.69) is 285 Å². The molecule has 0 aliphatic carbocycles. The fourth-order valence-electron chi connectivity index (χ4n) is 11.0. The third-order valence-electron chi connectivity index (χ3n) is 15.5. The van der Waals surface area contributed by atoms with Crippen LogP contribution in [0.15, 0.2) is 227 Å². The van der Waals surface area contributed by atoms with Gasteiger partial charge >= 0.3 is 0 Å². The first-order valence-corrected chi connectivity index (χ1v) is 29.5. The van der Waals surface area contributed by atoms with Crippen LogP contribution in [-0.2, 0) is 0 Å². The average Bonchev–Trinajstić information content (AvgIpc) is 2.50. The van der Waals surface area contributed by atoms with E-state index < -0.39 is 0 Å². The molecular formula is C80H72N4O2. The van der Waals surface area contributed by atoms with Crippen LogP contribution in [-0.4, -0.2) is 19.9 Å². The lowest BCUT2D eigenvalue weighted by Gasteiger charge is -2.07. The fourth-order valence-corrected chi connectivity index (χ4v) is 11.0. The number of fused-ring (bicyclic) bond motifs is 10. The summed E-state index contributed by atoms with van der Waals surface area (Å²) >= 11 is 0. The smallest absolute Gasteiger partial charge is 0.134 e. The Labute approximate surface area is 503 Å². The highest BCUT2D eigenvalue weighted by molar-refractivity contribution is 5.98. The molecule has 86 heavy (non-hydrogen) atoms. The Morgan fingerprint density at radius 2 is 0.547 bits per heavy atom. The number of para-hydroxylation sites is 1. The molecule has 6 nitrogen and oxygen atoms in total. The Balaban J connectivity index is 0.000000108. The van der Waals surface area contributed by atoms with Crippen molar-refractivity contribution in [1.82, 2.24) is 19.9 Å². The molecule has 0 bridgehead atoms. The Kier molecular flexibility index (Phi) is 16.8. The zero-order chi connectivity index (χ0) is 60.2. The lowest BCUT2D eigenvalue weighted by Crippen LogP contribution is -1.87. The molecule has 0 radical (unpaired) electrons. The van der Waals surface area contributed by atoms with Crippen molar-refractivity contribution in [2.45, 2.75) is 83.1 Å². The van der Waals surface area contributed by atoms with Gasteiger partial charge < -0.3 is 8.83 Å². The topological polar surface area (TPSA) is 77.8 Å². The largest absolute Gasteiger partial charge is 0.461 e. The van der Waals surface area contributed by atoms with E-state index in [0.29, 0.717) is 0 Å². The van der Waals surface area contributed by atoms with Crippen molar-refractivity contribution in [3.8, 4) is 0 Å². The summed E-state index contributed by atoms with van der Waals surface area (Å²) in [6.45, 7) is 25.0. The molecule has 0 atom stereocenters. The number of furan rings is 2. The zero-order valence-electron chi connectivity index (χ0n) is 51.4. The third kappa shape index (κ3) is 13.6. The van der Waals surface area contributed by atoms with E-state index in [-0.39, 0.29) is 0 Å². The maximum Gasteiger partial charge on any atom is 0.134 e. The van der Waals surface area contributed by atoms with Gasteiger partial charge in [-0.3, -0.25) is 0 Å². The van der Waals surface area contributed by atoms with Crippen LogP contribution in [0.25, 0.3) is 109 Å². The van der Waals surface area contributed by atoms with Gasteiger partial charge in [-0.15, -0.1) is 0 Å². The van der Waals surface area contributed by atoms with E-state index in [1.54, 1.807) is 0 Å². The number of benzene rings is 10. The number of nitrogens with zero attached hydrogens (tertiary/aromatic N) is 4. The molecular weight excluding hydrogens is 1050 g/mol. The maximum absolute atomic E-state index is 5.45. The number of rotatable bonds is 0. The molecule has 0 N–H and O–H groups in total. The second-order valence-corrected chi connectivity index (χ2v) is 23.2. The van der Waals surface area contributed by atoms with Crippen LogP contribution >= 0.6 is 0 Å². The monoisotopic (exact) mass is 1120 g/mol. The van der Waals surface area contributed by atoms with Gasteiger partial charge in [0.25, 0.3) is 0 Å². The first-order valence-electron chi connectivity index (χ1n) is 29.5. The molecule has 0 aliphatic rings. The molecule has 10 aromatic carbocycles. The van der Waals surface area contributed by atoms with Gasteiger partial charge in [0.1, 0.15) is 22.7 Å². The predicted octanol–water partition coefficient (Wildman–Crippen LogP) is 22.1. The van der Waals surface area contributed by atoms with Crippen molar-refractivity contribution in [2.24, 2.45) is 0 Å². The molecule has 0 fully saturated rings. The van der Waals surface area contributed by atoms with Crippen LogP contribution in [0.2, 0.25) is 0 Å². The van der Waals surface area contributed by atoms with Gasteiger partial charge in [0, 0.05) is 53.9 Å². The van der Waals surface area contributed by atoms with Crippen LogP contribution in [0, 0.1) is 83.1 Å². The Bertz CT molecular complexity index is 4790. The minimum absolute atomic E-state index is 0.977. The quantitative estimate of drug-likeness (QED) is 0.141. The van der Waals surface area contributed by atoms with E-state index >= 15 is 0 Å². The normalized spacial score (nSPS) is 11.0. The van der Waals surface area contributed by atoms with Crippen LogP contribution in [0.1, 0.15) is 67.2 Å². The van der Waals surface area contributed by atoms with Crippen LogP contribution in [0.4, 0.5) is 0 Å². The highest BCUT2D eigenvalue weighted by Crippen LogP contribution is 2.28. The summed E-state index contributed by atoms with van der Waals surface area (Å²) in [5.74, 6) is 1.95. The molecule has 0 saturated heterocycles. The fraction of sp³-hybridized carbons (Fsp3) is 0.150. The van der Waals surface area contributed by atoms with Gasteiger partial charge in [0.05, 0.1) is 44.1 Å². The molecule has 6 aromatic heterocycles. The van der Waals surface area contributed by atoms with E-state index in [1.165, 1.54) is 109 Å². The standard InChI is InChI=1S/4C15H13N.2C10H10O/c1-10-4-6-14-13(7-10)9-12-5-3-11(2)8-15(12)16-14;1-10-3-5-14-12(7-10)9-13-8-11(2)4-6-15(13)16-14;1-10-3-5-12-9-13-6-4-11(2)8-15(13)16-14(12)7-10;1-10-7-8-13-11(2)12-5-3-4-6-14(12)16-15(13)9-10;1-7-3-4-10-9(5-7)6-8(2)11-10;1-7-3-4-9-6-8(2)11-10(9)5-7/h4*3-9H,1-2H3;2*3-6H,1-2H3. The van der Waals surface area contributed by atoms with E-state index in [1.807, 2.05) is 26.0 Å². The molecule has 0 saturated carbocycles. The molecule has 6 heterocycles. The number of hydrogen-bond donors (Lipinski definition) is 0. The molecule has 6 heteroatoms. The van der Waals surface area contributed by atoms with E-state index in [9.17, 15) is 0 Å².